The third-order valence-corrected chi connectivity index (χ3v) is 5.01. The van der Waals surface area contributed by atoms with Crippen LogP contribution in [0.4, 0.5) is 4.39 Å². The Morgan fingerprint density at radius 1 is 0.815 bits per heavy atom. The predicted octanol–water partition coefficient (Wildman–Crippen LogP) is 4.16. The van der Waals surface area contributed by atoms with Gasteiger partial charge in [0.05, 0.1) is 32.0 Å². The number of benzene rings is 1. The van der Waals surface area contributed by atoms with Crippen LogP contribution in [0, 0.1) is 0 Å². The summed E-state index contributed by atoms with van der Waals surface area (Å²) in [4.78, 5) is 0. The topological polar surface area (TPSA) is 75.7 Å². The van der Waals surface area contributed by atoms with Crippen LogP contribution >= 0.6 is 0 Å². The van der Waals surface area contributed by atoms with Crippen LogP contribution in [0.25, 0.3) is 0 Å². The van der Waals surface area contributed by atoms with E-state index in [9.17, 15) is 14.6 Å². The molecule has 27 heavy (non-hydrogen) atoms. The van der Waals surface area contributed by atoms with Crippen molar-refractivity contribution in [2.24, 2.45) is 5.73 Å². The molecule has 0 saturated heterocycles. The lowest BCUT2D eigenvalue weighted by molar-refractivity contribution is 0.115. The first-order valence-corrected chi connectivity index (χ1v) is 10.4. The Bertz CT molecular complexity index is 463. The van der Waals surface area contributed by atoms with Gasteiger partial charge in [0.15, 0.2) is 0 Å². The standard InChI is InChI=1S/C22H38FNO3/c23-16-8-6-4-2-1-3-5-7-9-17-27-21-12-10-20(11-13-21)14-15-22(24,18-25)19-26/h10-13,25-26H,1-9,14-19,24H2. The second-order valence-electron chi connectivity index (χ2n) is 7.54. The Hall–Kier alpha value is -1.17. The SMILES string of the molecule is NC(CO)(CO)CCc1ccc(OCCCCCCCCCCCF)cc1. The van der Waals surface area contributed by atoms with Crippen molar-refractivity contribution >= 4 is 0 Å². The summed E-state index contributed by atoms with van der Waals surface area (Å²) in [6, 6.07) is 7.94. The Balaban J connectivity index is 2.06. The van der Waals surface area contributed by atoms with Gasteiger partial charge in [0.25, 0.3) is 0 Å². The molecule has 0 heterocycles. The third-order valence-electron chi connectivity index (χ3n) is 5.01. The van der Waals surface area contributed by atoms with Crippen molar-refractivity contribution in [1.82, 2.24) is 0 Å². The van der Waals surface area contributed by atoms with Gasteiger partial charge in [-0.2, -0.15) is 0 Å². The van der Waals surface area contributed by atoms with Crippen molar-refractivity contribution < 1.29 is 19.3 Å². The van der Waals surface area contributed by atoms with E-state index in [0.717, 1.165) is 43.6 Å². The number of alkyl halides is 1. The molecule has 0 aliphatic heterocycles. The van der Waals surface area contributed by atoms with Crippen molar-refractivity contribution in [2.75, 3.05) is 26.5 Å². The molecule has 1 rings (SSSR count). The molecule has 1 aromatic carbocycles. The number of rotatable bonds is 17. The van der Waals surface area contributed by atoms with Crippen LogP contribution in [0.3, 0.4) is 0 Å². The largest absolute Gasteiger partial charge is 0.494 e. The first kappa shape index (κ1) is 23.9. The normalized spacial score (nSPS) is 11.7. The molecular formula is C22H38FNO3. The number of unbranched alkanes of at least 4 members (excludes halogenated alkanes) is 8. The van der Waals surface area contributed by atoms with Gasteiger partial charge in [0.1, 0.15) is 5.75 Å². The van der Waals surface area contributed by atoms with Gasteiger partial charge in [0, 0.05) is 0 Å². The van der Waals surface area contributed by atoms with Gasteiger partial charge in [-0.25, -0.2) is 0 Å². The average molecular weight is 384 g/mol. The van der Waals surface area contributed by atoms with Gasteiger partial charge < -0.3 is 20.7 Å². The summed E-state index contributed by atoms with van der Waals surface area (Å²) >= 11 is 0. The summed E-state index contributed by atoms with van der Waals surface area (Å²) in [6.45, 7) is 0.120. The molecule has 0 saturated carbocycles. The number of hydrogen-bond donors (Lipinski definition) is 3. The Kier molecular flexibility index (Phi) is 13.1. The van der Waals surface area contributed by atoms with E-state index in [1.807, 2.05) is 24.3 Å². The monoisotopic (exact) mass is 383 g/mol. The molecule has 0 aliphatic rings. The number of ether oxygens (including phenoxy) is 1. The quantitative estimate of drug-likeness (QED) is 0.353. The van der Waals surface area contributed by atoms with Crippen molar-refractivity contribution in [2.45, 2.75) is 76.2 Å². The number of nitrogens with two attached hydrogens (primary N) is 1. The molecule has 0 unspecified atom stereocenters. The number of halogens is 1. The Morgan fingerprint density at radius 2 is 1.33 bits per heavy atom. The van der Waals surface area contributed by atoms with Crippen molar-refractivity contribution in [3.63, 3.8) is 0 Å². The molecule has 0 radical (unpaired) electrons. The van der Waals surface area contributed by atoms with Crippen molar-refractivity contribution in [3.8, 4) is 5.75 Å². The second-order valence-corrected chi connectivity index (χ2v) is 7.54. The van der Waals surface area contributed by atoms with Crippen LogP contribution < -0.4 is 10.5 Å². The summed E-state index contributed by atoms with van der Waals surface area (Å²) in [5.41, 5.74) is 6.09. The number of hydrogen-bond acceptors (Lipinski definition) is 4. The van der Waals surface area contributed by atoms with E-state index in [1.165, 1.54) is 32.1 Å². The molecule has 1 aromatic rings. The molecule has 156 valence electrons. The molecule has 0 bridgehead atoms. The fourth-order valence-corrected chi connectivity index (χ4v) is 2.98. The lowest BCUT2D eigenvalue weighted by Gasteiger charge is -2.24. The zero-order valence-corrected chi connectivity index (χ0v) is 16.7. The molecule has 0 aromatic heterocycles. The van der Waals surface area contributed by atoms with Gasteiger partial charge in [0.2, 0.25) is 0 Å². The molecule has 4 nitrogen and oxygen atoms in total. The number of aliphatic hydroxyl groups excluding tert-OH is 2. The highest BCUT2D eigenvalue weighted by Crippen LogP contribution is 2.17. The molecule has 0 atom stereocenters. The third kappa shape index (κ3) is 11.3. The summed E-state index contributed by atoms with van der Waals surface area (Å²) < 4.78 is 17.7. The van der Waals surface area contributed by atoms with Crippen LogP contribution in [0.1, 0.15) is 69.8 Å². The number of aliphatic hydroxyl groups is 2. The molecule has 0 aliphatic carbocycles. The van der Waals surface area contributed by atoms with Gasteiger partial charge in [-0.05, 0) is 43.4 Å². The highest BCUT2D eigenvalue weighted by atomic mass is 19.1. The maximum Gasteiger partial charge on any atom is 0.119 e. The average Bonchev–Trinajstić information content (AvgIpc) is 2.71. The summed E-state index contributed by atoms with van der Waals surface area (Å²) in [5, 5.41) is 18.4. The van der Waals surface area contributed by atoms with Gasteiger partial charge in [-0.1, -0.05) is 57.1 Å². The van der Waals surface area contributed by atoms with E-state index in [-0.39, 0.29) is 19.9 Å². The van der Waals surface area contributed by atoms with Gasteiger partial charge in [-0.3, -0.25) is 4.39 Å². The highest BCUT2D eigenvalue weighted by Gasteiger charge is 2.22. The molecule has 4 N–H and O–H groups in total. The van der Waals surface area contributed by atoms with E-state index >= 15 is 0 Å². The van der Waals surface area contributed by atoms with Crippen LogP contribution in [0.5, 0.6) is 5.75 Å². The van der Waals surface area contributed by atoms with Crippen LogP contribution in [-0.4, -0.2) is 42.2 Å². The first-order valence-electron chi connectivity index (χ1n) is 10.4. The van der Waals surface area contributed by atoms with E-state index in [0.29, 0.717) is 12.8 Å². The molecular weight excluding hydrogens is 345 g/mol. The molecule has 0 spiro atoms. The lowest BCUT2D eigenvalue weighted by atomic mass is 9.94. The van der Waals surface area contributed by atoms with Crippen LogP contribution in [0.15, 0.2) is 24.3 Å². The van der Waals surface area contributed by atoms with Crippen LogP contribution in [0.2, 0.25) is 0 Å². The summed E-state index contributed by atoms with van der Waals surface area (Å²) in [7, 11) is 0. The summed E-state index contributed by atoms with van der Waals surface area (Å²) in [6.07, 6.45) is 11.4. The number of aryl methyl sites for hydroxylation is 1. The zero-order chi connectivity index (χ0) is 19.8. The van der Waals surface area contributed by atoms with E-state index < -0.39 is 5.54 Å². The smallest absolute Gasteiger partial charge is 0.119 e. The predicted molar refractivity (Wildman–Crippen MR) is 109 cm³/mol. The van der Waals surface area contributed by atoms with E-state index in [4.69, 9.17) is 10.5 Å². The zero-order valence-electron chi connectivity index (χ0n) is 16.7. The van der Waals surface area contributed by atoms with Crippen molar-refractivity contribution in [1.29, 1.82) is 0 Å². The minimum atomic E-state index is -0.913. The lowest BCUT2D eigenvalue weighted by Crippen LogP contribution is -2.47. The Labute approximate surface area is 163 Å². The minimum absolute atomic E-state index is 0.176. The minimum Gasteiger partial charge on any atom is -0.494 e. The fraction of sp³-hybridized carbons (Fsp3) is 0.727. The molecule has 0 fully saturated rings. The molecule has 5 heteroatoms. The van der Waals surface area contributed by atoms with Gasteiger partial charge in [-0.15, -0.1) is 0 Å². The van der Waals surface area contributed by atoms with E-state index in [1.54, 1.807) is 0 Å². The van der Waals surface area contributed by atoms with Crippen molar-refractivity contribution in [3.05, 3.63) is 29.8 Å². The first-order chi connectivity index (χ1) is 13.1. The maximum atomic E-state index is 12.0. The van der Waals surface area contributed by atoms with Crippen LogP contribution in [-0.2, 0) is 6.42 Å². The fourth-order valence-electron chi connectivity index (χ4n) is 2.98. The Morgan fingerprint density at radius 3 is 1.85 bits per heavy atom. The highest BCUT2D eigenvalue weighted by molar-refractivity contribution is 5.27. The summed E-state index contributed by atoms with van der Waals surface area (Å²) in [5.74, 6) is 0.870. The van der Waals surface area contributed by atoms with Gasteiger partial charge >= 0.3 is 0 Å². The molecule has 0 amide bonds. The van der Waals surface area contributed by atoms with E-state index in [2.05, 4.69) is 0 Å². The second kappa shape index (κ2) is 14.8. The maximum absolute atomic E-state index is 12.0.